The largest absolute Gasteiger partial charge is 0.478 e. The van der Waals surface area contributed by atoms with Gasteiger partial charge in [0.05, 0.1) is 16.9 Å². The van der Waals surface area contributed by atoms with E-state index in [0.717, 1.165) is 5.56 Å². The normalized spacial score (nSPS) is 12.0. The van der Waals surface area contributed by atoms with Crippen molar-refractivity contribution >= 4 is 28.6 Å². The lowest BCUT2D eigenvalue weighted by Gasteiger charge is -2.22. The van der Waals surface area contributed by atoms with Crippen LogP contribution < -0.4 is 4.31 Å². The van der Waals surface area contributed by atoms with Gasteiger partial charge in [-0.05, 0) is 43.7 Å². The summed E-state index contributed by atoms with van der Waals surface area (Å²) in [4.78, 5) is 11.1. The molecule has 1 atom stereocenters. The number of carboxylic acid groups (broad SMARTS) is 1. The standard InChI is InChI=1S/C15H15NO4S/c1-10-3-7-13(8-4-10)16(21(19)20)14-9-12(15(17)18)6-5-11(14)2/h3-9H,1-2H3,(H,17,18)(H,19,20). The van der Waals surface area contributed by atoms with E-state index in [1.165, 1.54) is 16.4 Å². The van der Waals surface area contributed by atoms with Crippen molar-refractivity contribution in [1.29, 1.82) is 0 Å². The van der Waals surface area contributed by atoms with Gasteiger partial charge in [-0.3, -0.25) is 4.55 Å². The summed E-state index contributed by atoms with van der Waals surface area (Å²) < 4.78 is 22.5. The highest BCUT2D eigenvalue weighted by atomic mass is 32.2. The number of aromatic carboxylic acids is 1. The molecule has 2 rings (SSSR count). The molecule has 0 spiro atoms. The highest BCUT2D eigenvalue weighted by Crippen LogP contribution is 2.30. The predicted octanol–water partition coefficient (Wildman–Crippen LogP) is 3.28. The molecule has 0 fully saturated rings. The number of rotatable bonds is 4. The Morgan fingerprint density at radius 3 is 2.24 bits per heavy atom. The smallest absolute Gasteiger partial charge is 0.335 e. The van der Waals surface area contributed by atoms with Crippen LogP contribution in [0.3, 0.4) is 0 Å². The molecular weight excluding hydrogens is 290 g/mol. The Morgan fingerprint density at radius 2 is 1.71 bits per heavy atom. The van der Waals surface area contributed by atoms with Crippen LogP contribution in [0.2, 0.25) is 0 Å². The summed E-state index contributed by atoms with van der Waals surface area (Å²) in [5.74, 6) is -1.08. The first-order valence-corrected chi connectivity index (χ1v) is 7.28. The highest BCUT2D eigenvalue weighted by molar-refractivity contribution is 7.81. The molecular formula is C15H15NO4S. The third kappa shape index (κ3) is 3.29. The van der Waals surface area contributed by atoms with Gasteiger partial charge in [0.25, 0.3) is 11.3 Å². The molecule has 1 unspecified atom stereocenters. The lowest BCUT2D eigenvalue weighted by molar-refractivity contribution is 0.0697. The second-order valence-corrected chi connectivity index (χ2v) is 5.49. The van der Waals surface area contributed by atoms with Crippen LogP contribution in [0.5, 0.6) is 0 Å². The molecule has 2 N–H and O–H groups in total. The van der Waals surface area contributed by atoms with Crippen LogP contribution in [0.25, 0.3) is 0 Å². The maximum absolute atomic E-state index is 11.7. The van der Waals surface area contributed by atoms with Crippen LogP contribution >= 0.6 is 0 Å². The Kier molecular flexibility index (Phi) is 4.40. The van der Waals surface area contributed by atoms with E-state index in [2.05, 4.69) is 0 Å². The summed E-state index contributed by atoms with van der Waals surface area (Å²) in [6.07, 6.45) is 0. The highest BCUT2D eigenvalue weighted by Gasteiger charge is 2.18. The van der Waals surface area contributed by atoms with E-state index >= 15 is 0 Å². The van der Waals surface area contributed by atoms with Crippen molar-refractivity contribution in [3.63, 3.8) is 0 Å². The number of anilines is 2. The van der Waals surface area contributed by atoms with Crippen LogP contribution in [0, 0.1) is 13.8 Å². The Labute approximate surface area is 125 Å². The molecule has 5 nitrogen and oxygen atoms in total. The lowest BCUT2D eigenvalue weighted by atomic mass is 10.1. The maximum Gasteiger partial charge on any atom is 0.335 e. The second kappa shape index (κ2) is 6.07. The van der Waals surface area contributed by atoms with Gasteiger partial charge in [0, 0.05) is 0 Å². The number of carbonyl (C=O) groups is 1. The molecule has 6 heteroatoms. The molecule has 0 heterocycles. The van der Waals surface area contributed by atoms with Gasteiger partial charge in [-0.15, -0.1) is 0 Å². The zero-order valence-electron chi connectivity index (χ0n) is 11.6. The molecule has 0 saturated carbocycles. The molecule has 0 aliphatic carbocycles. The average molecular weight is 305 g/mol. The fourth-order valence-corrected chi connectivity index (χ4v) is 2.62. The summed E-state index contributed by atoms with van der Waals surface area (Å²) in [5.41, 5.74) is 2.71. The fourth-order valence-electron chi connectivity index (χ4n) is 1.95. The van der Waals surface area contributed by atoms with E-state index in [4.69, 9.17) is 5.11 Å². The monoisotopic (exact) mass is 305 g/mol. The minimum atomic E-state index is -2.30. The Bertz CT molecular complexity index is 697. The second-order valence-electron chi connectivity index (χ2n) is 4.67. The Morgan fingerprint density at radius 1 is 1.10 bits per heavy atom. The Balaban J connectivity index is 2.57. The summed E-state index contributed by atoms with van der Waals surface area (Å²) in [7, 11) is 0. The van der Waals surface area contributed by atoms with Gasteiger partial charge in [-0.25, -0.2) is 13.3 Å². The topological polar surface area (TPSA) is 77.8 Å². The molecule has 2 aromatic rings. The van der Waals surface area contributed by atoms with Crippen molar-refractivity contribution in [3.05, 3.63) is 59.2 Å². The molecule has 0 saturated heterocycles. The van der Waals surface area contributed by atoms with Gasteiger partial charge >= 0.3 is 5.97 Å². The van der Waals surface area contributed by atoms with E-state index in [0.29, 0.717) is 16.9 Å². The number of nitrogens with zero attached hydrogens (tertiary/aromatic N) is 1. The van der Waals surface area contributed by atoms with Crippen molar-refractivity contribution < 1.29 is 18.7 Å². The van der Waals surface area contributed by atoms with Gasteiger partial charge in [-0.1, -0.05) is 23.8 Å². The summed E-state index contributed by atoms with van der Waals surface area (Å²) in [5, 5.41) is 9.07. The van der Waals surface area contributed by atoms with Crippen LogP contribution in [-0.4, -0.2) is 19.8 Å². The van der Waals surface area contributed by atoms with Gasteiger partial charge in [0.2, 0.25) is 0 Å². The van der Waals surface area contributed by atoms with E-state index in [1.54, 1.807) is 25.1 Å². The molecule has 2 aromatic carbocycles. The van der Waals surface area contributed by atoms with Crippen LogP contribution in [0.1, 0.15) is 21.5 Å². The minimum absolute atomic E-state index is 0.0677. The van der Waals surface area contributed by atoms with E-state index < -0.39 is 17.2 Å². The molecule has 0 aromatic heterocycles. The first-order chi connectivity index (χ1) is 9.90. The molecule has 0 radical (unpaired) electrons. The zero-order chi connectivity index (χ0) is 15.6. The van der Waals surface area contributed by atoms with Gasteiger partial charge in [-0.2, -0.15) is 0 Å². The number of aryl methyl sites for hydroxylation is 2. The number of benzene rings is 2. The van der Waals surface area contributed by atoms with Crippen molar-refractivity contribution in [2.45, 2.75) is 13.8 Å². The average Bonchev–Trinajstić information content (AvgIpc) is 2.42. The van der Waals surface area contributed by atoms with Crippen LogP contribution in [0.15, 0.2) is 42.5 Å². The van der Waals surface area contributed by atoms with Gasteiger partial charge < -0.3 is 5.11 Å². The fraction of sp³-hybridized carbons (Fsp3) is 0.133. The van der Waals surface area contributed by atoms with E-state index in [-0.39, 0.29) is 5.56 Å². The van der Waals surface area contributed by atoms with Crippen molar-refractivity contribution in [2.75, 3.05) is 4.31 Å². The molecule has 110 valence electrons. The third-order valence-electron chi connectivity index (χ3n) is 3.10. The molecule has 0 aliphatic rings. The van der Waals surface area contributed by atoms with Gasteiger partial charge in [0.15, 0.2) is 0 Å². The summed E-state index contributed by atoms with van der Waals surface area (Å²) >= 11 is -2.30. The quantitative estimate of drug-likeness (QED) is 0.850. The number of hydrogen-bond donors (Lipinski definition) is 2. The maximum atomic E-state index is 11.7. The third-order valence-corrected chi connectivity index (χ3v) is 3.82. The summed E-state index contributed by atoms with van der Waals surface area (Å²) in [6.45, 7) is 3.68. The zero-order valence-corrected chi connectivity index (χ0v) is 12.4. The molecule has 0 bridgehead atoms. The van der Waals surface area contributed by atoms with Gasteiger partial charge in [0.1, 0.15) is 0 Å². The first kappa shape index (κ1) is 15.2. The van der Waals surface area contributed by atoms with Crippen LogP contribution in [0.4, 0.5) is 11.4 Å². The molecule has 0 amide bonds. The predicted molar refractivity (Wildman–Crippen MR) is 82.2 cm³/mol. The van der Waals surface area contributed by atoms with Crippen LogP contribution in [-0.2, 0) is 11.3 Å². The van der Waals surface area contributed by atoms with Crippen molar-refractivity contribution in [2.24, 2.45) is 0 Å². The minimum Gasteiger partial charge on any atom is -0.478 e. The SMILES string of the molecule is Cc1ccc(N(c2cc(C(=O)O)ccc2C)S(=O)O)cc1. The first-order valence-electron chi connectivity index (χ1n) is 6.22. The summed E-state index contributed by atoms with van der Waals surface area (Å²) in [6, 6.07) is 11.6. The molecule has 21 heavy (non-hydrogen) atoms. The Hall–Kier alpha value is -2.18. The molecule has 0 aliphatic heterocycles. The van der Waals surface area contributed by atoms with Crippen molar-refractivity contribution in [1.82, 2.24) is 0 Å². The van der Waals surface area contributed by atoms with E-state index in [1.807, 2.05) is 19.1 Å². The lowest BCUT2D eigenvalue weighted by Crippen LogP contribution is -2.20. The number of hydrogen-bond acceptors (Lipinski definition) is 2. The van der Waals surface area contributed by atoms with E-state index in [9.17, 15) is 13.6 Å². The van der Waals surface area contributed by atoms with Crippen molar-refractivity contribution in [3.8, 4) is 0 Å². The number of carboxylic acids is 1.